The Morgan fingerprint density at radius 2 is 1.79 bits per heavy atom. The van der Waals surface area contributed by atoms with Gasteiger partial charge in [-0.05, 0) is 55.2 Å². The zero-order valence-corrected chi connectivity index (χ0v) is 21.1. The van der Waals surface area contributed by atoms with Gasteiger partial charge in [-0.1, -0.05) is 61.3 Å². The molecule has 0 aliphatic carbocycles. The van der Waals surface area contributed by atoms with Crippen LogP contribution in [0.1, 0.15) is 69.5 Å². The van der Waals surface area contributed by atoms with Crippen LogP contribution in [0.3, 0.4) is 0 Å². The number of benzene rings is 2. The standard InChI is InChI=1S/C26H31Cl2NO5/c1-4-20(13-26(3,33)34)29-23(16-8-10-18(27)11-9-16)21(17-6-5-7-19(28)12-17)14-25(2,24(29)32)15-22(30)31/h5-12,20-21,23,33-34H,4,13-15H2,1-3H3,(H,30,31)/t20-,21?,23?,25+/m0/s1. The van der Waals surface area contributed by atoms with Crippen molar-refractivity contribution in [1.82, 2.24) is 4.90 Å². The SMILES string of the molecule is CC[C@@H](CC(C)(O)O)N1C(=O)[C@@](C)(CC(=O)O)CC(c2cccc(Cl)c2)C1c1ccc(Cl)cc1. The number of hydrogen-bond acceptors (Lipinski definition) is 4. The van der Waals surface area contributed by atoms with Crippen LogP contribution in [-0.2, 0) is 9.59 Å². The molecular weight excluding hydrogens is 477 g/mol. The molecule has 8 heteroatoms. The number of rotatable bonds is 8. The Balaban J connectivity index is 2.24. The van der Waals surface area contributed by atoms with E-state index in [-0.39, 0.29) is 24.7 Å². The molecule has 184 valence electrons. The van der Waals surface area contributed by atoms with Crippen molar-refractivity contribution >= 4 is 35.1 Å². The highest BCUT2D eigenvalue weighted by molar-refractivity contribution is 6.30. The van der Waals surface area contributed by atoms with Crippen LogP contribution in [0.4, 0.5) is 0 Å². The maximum atomic E-state index is 14.0. The zero-order chi connectivity index (χ0) is 25.3. The van der Waals surface area contributed by atoms with E-state index in [1.54, 1.807) is 30.0 Å². The van der Waals surface area contributed by atoms with Gasteiger partial charge in [0.05, 0.1) is 17.9 Å². The van der Waals surface area contributed by atoms with Crippen molar-refractivity contribution in [2.75, 3.05) is 0 Å². The fraction of sp³-hybridized carbons (Fsp3) is 0.462. The fourth-order valence-electron chi connectivity index (χ4n) is 5.17. The second-order valence-electron chi connectivity index (χ2n) is 9.69. The molecule has 0 spiro atoms. The van der Waals surface area contributed by atoms with Crippen molar-refractivity contribution in [3.8, 4) is 0 Å². The number of hydrogen-bond donors (Lipinski definition) is 3. The van der Waals surface area contributed by atoms with Gasteiger partial charge in [0.25, 0.3) is 0 Å². The molecule has 3 N–H and O–H groups in total. The highest BCUT2D eigenvalue weighted by Gasteiger charge is 2.52. The van der Waals surface area contributed by atoms with E-state index in [9.17, 15) is 24.9 Å². The summed E-state index contributed by atoms with van der Waals surface area (Å²) in [7, 11) is 0. The summed E-state index contributed by atoms with van der Waals surface area (Å²) in [5, 5.41) is 31.2. The van der Waals surface area contributed by atoms with Gasteiger partial charge in [0.2, 0.25) is 5.91 Å². The van der Waals surface area contributed by atoms with E-state index in [0.717, 1.165) is 11.1 Å². The molecule has 1 aliphatic heterocycles. The number of aliphatic carboxylic acids is 1. The summed E-state index contributed by atoms with van der Waals surface area (Å²) in [4.78, 5) is 27.5. The third kappa shape index (κ3) is 5.92. The average molecular weight is 508 g/mol. The zero-order valence-electron chi connectivity index (χ0n) is 19.5. The van der Waals surface area contributed by atoms with Gasteiger partial charge in [-0.2, -0.15) is 0 Å². The topological polar surface area (TPSA) is 98.1 Å². The Hall–Kier alpha value is -2.12. The number of carbonyl (C=O) groups is 2. The number of carboxylic acid groups (broad SMARTS) is 1. The van der Waals surface area contributed by atoms with Crippen LogP contribution in [-0.4, -0.2) is 43.9 Å². The molecule has 0 saturated carbocycles. The minimum atomic E-state index is -2.00. The molecule has 0 radical (unpaired) electrons. The molecule has 34 heavy (non-hydrogen) atoms. The maximum Gasteiger partial charge on any atom is 0.304 e. The molecule has 4 atom stereocenters. The van der Waals surface area contributed by atoms with Crippen LogP contribution >= 0.6 is 23.2 Å². The van der Waals surface area contributed by atoms with Gasteiger partial charge in [0.1, 0.15) is 0 Å². The van der Waals surface area contributed by atoms with Crippen molar-refractivity contribution in [2.24, 2.45) is 5.41 Å². The second kappa shape index (κ2) is 10.2. The van der Waals surface area contributed by atoms with E-state index in [4.69, 9.17) is 23.2 Å². The van der Waals surface area contributed by atoms with Gasteiger partial charge in [0, 0.05) is 28.4 Å². The lowest BCUT2D eigenvalue weighted by molar-refractivity contribution is -0.177. The predicted molar refractivity (Wildman–Crippen MR) is 132 cm³/mol. The molecule has 0 aromatic heterocycles. The number of aliphatic hydroxyl groups is 2. The molecule has 0 bridgehead atoms. The smallest absolute Gasteiger partial charge is 0.304 e. The lowest BCUT2D eigenvalue weighted by Crippen LogP contribution is -2.57. The first kappa shape index (κ1) is 26.5. The summed E-state index contributed by atoms with van der Waals surface area (Å²) < 4.78 is 0. The summed E-state index contributed by atoms with van der Waals surface area (Å²) in [6.45, 7) is 4.84. The van der Waals surface area contributed by atoms with E-state index in [1.165, 1.54) is 6.92 Å². The van der Waals surface area contributed by atoms with E-state index in [2.05, 4.69) is 0 Å². The molecule has 1 fully saturated rings. The van der Waals surface area contributed by atoms with Crippen molar-refractivity contribution < 1.29 is 24.9 Å². The van der Waals surface area contributed by atoms with Crippen LogP contribution in [0.2, 0.25) is 10.0 Å². The van der Waals surface area contributed by atoms with Crippen LogP contribution in [0.15, 0.2) is 48.5 Å². The number of carboxylic acids is 1. The maximum absolute atomic E-state index is 14.0. The number of amides is 1. The molecule has 1 heterocycles. The Bertz CT molecular complexity index is 1040. The minimum Gasteiger partial charge on any atom is -0.481 e. The molecule has 1 saturated heterocycles. The van der Waals surface area contributed by atoms with Gasteiger partial charge in [-0.25, -0.2) is 0 Å². The van der Waals surface area contributed by atoms with Gasteiger partial charge in [-0.3, -0.25) is 9.59 Å². The second-order valence-corrected chi connectivity index (χ2v) is 10.6. The highest BCUT2D eigenvalue weighted by atomic mass is 35.5. The minimum absolute atomic E-state index is 0.0786. The highest BCUT2D eigenvalue weighted by Crippen LogP contribution is 2.52. The van der Waals surface area contributed by atoms with E-state index in [0.29, 0.717) is 22.9 Å². The monoisotopic (exact) mass is 507 g/mol. The molecule has 2 aromatic rings. The Kier molecular flexibility index (Phi) is 7.98. The normalized spacial score (nSPS) is 24.2. The molecule has 1 amide bonds. The third-order valence-electron chi connectivity index (χ3n) is 6.62. The van der Waals surface area contributed by atoms with E-state index < -0.39 is 29.3 Å². The van der Waals surface area contributed by atoms with Crippen molar-refractivity contribution in [3.63, 3.8) is 0 Å². The number of carbonyl (C=O) groups excluding carboxylic acids is 1. The van der Waals surface area contributed by atoms with E-state index >= 15 is 0 Å². The van der Waals surface area contributed by atoms with E-state index in [1.807, 2.05) is 37.3 Å². The first-order valence-corrected chi connectivity index (χ1v) is 12.1. The lowest BCUT2D eigenvalue weighted by atomic mass is 9.67. The summed E-state index contributed by atoms with van der Waals surface area (Å²) in [6.07, 6.45) is 0.343. The molecule has 2 aromatic carbocycles. The third-order valence-corrected chi connectivity index (χ3v) is 7.11. The molecule has 1 aliphatic rings. The Morgan fingerprint density at radius 1 is 1.15 bits per heavy atom. The number of likely N-dealkylation sites (tertiary alicyclic amines) is 1. The largest absolute Gasteiger partial charge is 0.481 e. The Labute approximate surface area is 210 Å². The molecule has 3 rings (SSSR count). The number of halogens is 2. The predicted octanol–water partition coefficient (Wildman–Crippen LogP) is 5.40. The summed E-state index contributed by atoms with van der Waals surface area (Å²) >= 11 is 12.5. The number of piperidine rings is 1. The van der Waals surface area contributed by atoms with Gasteiger partial charge >= 0.3 is 5.97 Å². The fourth-order valence-corrected chi connectivity index (χ4v) is 5.49. The number of nitrogens with zero attached hydrogens (tertiary/aromatic N) is 1. The first-order valence-electron chi connectivity index (χ1n) is 11.3. The quantitative estimate of drug-likeness (QED) is 0.415. The lowest BCUT2D eigenvalue weighted by Gasteiger charge is -2.52. The summed E-state index contributed by atoms with van der Waals surface area (Å²) in [5.74, 6) is -3.66. The molecule has 2 unspecified atom stereocenters. The first-order chi connectivity index (χ1) is 15.8. The van der Waals surface area contributed by atoms with Crippen molar-refractivity contribution in [3.05, 3.63) is 69.7 Å². The van der Waals surface area contributed by atoms with Crippen LogP contribution in [0, 0.1) is 5.41 Å². The summed E-state index contributed by atoms with van der Waals surface area (Å²) in [5.41, 5.74) is 0.527. The van der Waals surface area contributed by atoms with Crippen molar-refractivity contribution in [1.29, 1.82) is 0 Å². The van der Waals surface area contributed by atoms with Gasteiger partial charge < -0.3 is 20.2 Å². The molecular formula is C26H31Cl2NO5. The van der Waals surface area contributed by atoms with Crippen molar-refractivity contribution in [2.45, 2.75) is 70.2 Å². The van der Waals surface area contributed by atoms with Crippen LogP contribution < -0.4 is 0 Å². The van der Waals surface area contributed by atoms with Gasteiger partial charge in [-0.15, -0.1) is 0 Å². The Morgan fingerprint density at radius 3 is 2.32 bits per heavy atom. The summed E-state index contributed by atoms with van der Waals surface area (Å²) in [6, 6.07) is 13.6. The van der Waals surface area contributed by atoms with Crippen LogP contribution in [0.25, 0.3) is 0 Å². The molecule has 6 nitrogen and oxygen atoms in total. The van der Waals surface area contributed by atoms with Crippen LogP contribution in [0.5, 0.6) is 0 Å². The average Bonchev–Trinajstić information content (AvgIpc) is 2.73. The van der Waals surface area contributed by atoms with Gasteiger partial charge in [0.15, 0.2) is 5.79 Å².